The van der Waals surface area contributed by atoms with E-state index in [1.807, 2.05) is 41.5 Å². The van der Waals surface area contributed by atoms with Gasteiger partial charge in [-0.2, -0.15) is 0 Å². The Morgan fingerprint density at radius 3 is 0.711 bits per heavy atom. The SMILES string of the molecule is CCCCCCC(=O)OC(CCCCCC)C(=O)c1cccc(C(=O)OOC(=O)c2cccc(C(=O)C(CCCCCC)OC(=O)CCCCCC)c2C(=O)C(CCCCCC)OC(=O)CCCCCC)c1C(=O)C(CCCCCC)OC(=O)CCCCCC. The summed E-state index contributed by atoms with van der Waals surface area (Å²) >= 11 is 0. The van der Waals surface area contributed by atoms with E-state index in [1.165, 1.54) is 36.4 Å². The minimum absolute atomic E-state index is 0.0282. The van der Waals surface area contributed by atoms with Crippen LogP contribution in [-0.2, 0) is 47.9 Å². The van der Waals surface area contributed by atoms with Gasteiger partial charge in [0.15, 0.2) is 24.4 Å². The van der Waals surface area contributed by atoms with E-state index >= 15 is 19.2 Å². The van der Waals surface area contributed by atoms with Crippen molar-refractivity contribution in [3.05, 3.63) is 69.8 Å². The van der Waals surface area contributed by atoms with Gasteiger partial charge in [0.05, 0.1) is 11.1 Å². The van der Waals surface area contributed by atoms with E-state index in [1.54, 1.807) is 0 Å². The summed E-state index contributed by atoms with van der Waals surface area (Å²) in [5.41, 5.74) is -2.65. The lowest BCUT2D eigenvalue weighted by molar-refractivity contribution is -0.187. The van der Waals surface area contributed by atoms with E-state index in [-0.39, 0.29) is 62.5 Å². The van der Waals surface area contributed by atoms with Crippen LogP contribution in [-0.4, -0.2) is 83.4 Å². The van der Waals surface area contributed by atoms with E-state index < -0.39 is 106 Å². The molecule has 4 atom stereocenters. The summed E-state index contributed by atoms with van der Waals surface area (Å²) < 4.78 is 23.8. The van der Waals surface area contributed by atoms with Crippen LogP contribution >= 0.6 is 0 Å². The summed E-state index contributed by atoms with van der Waals surface area (Å²) in [7, 11) is 0. The van der Waals surface area contributed by atoms with Crippen LogP contribution in [0, 0.1) is 0 Å². The van der Waals surface area contributed by atoms with Crippen molar-refractivity contribution in [1.29, 1.82) is 0 Å². The van der Waals surface area contributed by atoms with Gasteiger partial charge in [0, 0.05) is 47.9 Å². The van der Waals surface area contributed by atoms with Crippen LogP contribution in [0.4, 0.5) is 0 Å². The summed E-state index contributed by atoms with van der Waals surface area (Å²) in [5.74, 6) is -8.59. The minimum atomic E-state index is -1.46. The minimum Gasteiger partial charge on any atom is -0.454 e. The maximum Gasteiger partial charge on any atom is 0.387 e. The van der Waals surface area contributed by atoms with Crippen LogP contribution in [0.3, 0.4) is 0 Å². The molecule has 0 aromatic heterocycles. The maximum atomic E-state index is 15.3. The van der Waals surface area contributed by atoms with Gasteiger partial charge >= 0.3 is 35.8 Å². The van der Waals surface area contributed by atoms with E-state index in [9.17, 15) is 28.8 Å². The zero-order chi connectivity index (χ0) is 66.3. The molecular weight excluding hydrogens is 1140 g/mol. The second kappa shape index (κ2) is 49.6. The molecule has 90 heavy (non-hydrogen) atoms. The van der Waals surface area contributed by atoms with Crippen LogP contribution in [0.25, 0.3) is 0 Å². The number of unbranched alkanes of at least 4 members (excludes halogenated alkanes) is 24. The highest BCUT2D eigenvalue weighted by atomic mass is 17.2. The summed E-state index contributed by atoms with van der Waals surface area (Å²) in [5, 5.41) is 0. The van der Waals surface area contributed by atoms with Crippen molar-refractivity contribution in [2.75, 3.05) is 0 Å². The smallest absolute Gasteiger partial charge is 0.387 e. The molecule has 2 rings (SSSR count). The van der Waals surface area contributed by atoms with Crippen molar-refractivity contribution in [3.63, 3.8) is 0 Å². The number of carbonyl (C=O) groups excluding carboxylic acids is 10. The second-order valence-electron chi connectivity index (χ2n) is 24.2. The lowest BCUT2D eigenvalue weighted by Gasteiger charge is -2.23. The highest BCUT2D eigenvalue weighted by Crippen LogP contribution is 2.30. The van der Waals surface area contributed by atoms with Crippen LogP contribution in [0.2, 0.25) is 0 Å². The molecule has 506 valence electrons. The van der Waals surface area contributed by atoms with Crippen molar-refractivity contribution in [2.45, 2.75) is 337 Å². The molecular formula is C74H114O16. The fraction of sp³-hybridized carbons (Fsp3) is 0.703. The van der Waals surface area contributed by atoms with Gasteiger partial charge in [-0.05, 0) is 89.2 Å². The van der Waals surface area contributed by atoms with Crippen molar-refractivity contribution >= 4 is 58.9 Å². The third kappa shape index (κ3) is 31.3. The van der Waals surface area contributed by atoms with Gasteiger partial charge in [-0.3, -0.25) is 38.4 Å². The lowest BCUT2D eigenvalue weighted by atomic mass is 9.88. The van der Waals surface area contributed by atoms with Gasteiger partial charge in [0.25, 0.3) is 0 Å². The summed E-state index contributed by atoms with van der Waals surface area (Å²) in [6.07, 6.45) is 19.2. The van der Waals surface area contributed by atoms with Crippen molar-refractivity contribution in [1.82, 2.24) is 0 Å². The number of ether oxygens (including phenoxy) is 4. The Kier molecular flexibility index (Phi) is 44.1. The molecule has 0 saturated heterocycles. The Hall–Kier alpha value is -6.06. The van der Waals surface area contributed by atoms with Crippen molar-refractivity contribution in [3.8, 4) is 0 Å². The Morgan fingerprint density at radius 2 is 0.478 bits per heavy atom. The molecule has 16 nitrogen and oxygen atoms in total. The molecule has 0 aliphatic heterocycles. The molecule has 0 N–H and O–H groups in total. The van der Waals surface area contributed by atoms with Crippen LogP contribution in [0.1, 0.15) is 374 Å². The van der Waals surface area contributed by atoms with Crippen molar-refractivity contribution in [2.24, 2.45) is 0 Å². The van der Waals surface area contributed by atoms with Gasteiger partial charge in [0.2, 0.25) is 23.1 Å². The molecule has 0 saturated carbocycles. The molecule has 0 heterocycles. The lowest BCUT2D eigenvalue weighted by Crippen LogP contribution is -2.34. The number of hydrogen-bond donors (Lipinski definition) is 0. The Labute approximate surface area is 539 Å². The van der Waals surface area contributed by atoms with Crippen LogP contribution in [0.5, 0.6) is 0 Å². The largest absolute Gasteiger partial charge is 0.454 e. The van der Waals surface area contributed by atoms with Gasteiger partial charge in [0.1, 0.15) is 0 Å². The number of Topliss-reactive ketones (excluding diaryl/α,β-unsaturated/α-hetero) is 4. The Balaban J connectivity index is 2.98. The van der Waals surface area contributed by atoms with Gasteiger partial charge in [-0.1, -0.05) is 234 Å². The molecule has 4 unspecified atom stereocenters. The summed E-state index contributed by atoms with van der Waals surface area (Å²) in [4.78, 5) is 155. The first-order valence-electron chi connectivity index (χ1n) is 35.2. The average molecular weight is 1260 g/mol. The molecule has 2 aromatic carbocycles. The van der Waals surface area contributed by atoms with Crippen molar-refractivity contribution < 1.29 is 76.7 Å². The first kappa shape index (κ1) is 80.0. The first-order valence-corrected chi connectivity index (χ1v) is 35.2. The normalized spacial score (nSPS) is 12.5. The number of carbonyl (C=O) groups is 10. The van der Waals surface area contributed by atoms with Crippen LogP contribution in [0.15, 0.2) is 36.4 Å². The fourth-order valence-electron chi connectivity index (χ4n) is 10.9. The third-order valence-corrected chi connectivity index (χ3v) is 16.3. The Bertz CT molecular complexity index is 2290. The third-order valence-electron chi connectivity index (χ3n) is 16.3. The predicted molar refractivity (Wildman–Crippen MR) is 351 cm³/mol. The standard InChI is InChI=1S/C74H114O16/c1-9-17-25-33-47-59(85-63(75)51-37-29-21-13-5)69(79)55-43-41-45-57(67(55)71(81)61(49-35-27-19-11-3)87-65(77)53-39-31-23-15-7)73(83)89-90-74(84)58-46-42-44-56(70(80)60(48-34-26-18-10-2)86-64(76)52-38-30-22-14-6)68(58)72(82)62(50-36-28-20-12-4)88-66(78)54-40-32-24-16-8/h41-46,59-62H,9-40,47-54H2,1-8H3. The zero-order valence-corrected chi connectivity index (χ0v) is 56.6. The molecule has 0 amide bonds. The molecule has 16 heteroatoms. The van der Waals surface area contributed by atoms with E-state index in [4.69, 9.17) is 28.7 Å². The zero-order valence-electron chi connectivity index (χ0n) is 56.6. The molecule has 0 bridgehead atoms. The first-order chi connectivity index (χ1) is 43.6. The molecule has 0 aliphatic rings. The van der Waals surface area contributed by atoms with E-state index in [0.29, 0.717) is 64.2 Å². The quantitative estimate of drug-likeness (QED) is 0.0150. The molecule has 0 spiro atoms. The average Bonchev–Trinajstić information content (AvgIpc) is 1.27. The van der Waals surface area contributed by atoms with Gasteiger partial charge < -0.3 is 18.9 Å². The number of rotatable bonds is 54. The highest BCUT2D eigenvalue weighted by molar-refractivity contribution is 6.18. The Morgan fingerprint density at radius 1 is 0.267 bits per heavy atom. The highest BCUT2D eigenvalue weighted by Gasteiger charge is 2.38. The summed E-state index contributed by atoms with van der Waals surface area (Å²) in [6, 6.07) is 7.77. The van der Waals surface area contributed by atoms with E-state index in [0.717, 1.165) is 141 Å². The molecule has 0 fully saturated rings. The predicted octanol–water partition coefficient (Wildman–Crippen LogP) is 18.8. The number of benzene rings is 2. The van der Waals surface area contributed by atoms with Gasteiger partial charge in [-0.15, -0.1) is 0 Å². The fourth-order valence-corrected chi connectivity index (χ4v) is 10.9. The topological polar surface area (TPSA) is 226 Å². The molecule has 2 aromatic rings. The second-order valence-corrected chi connectivity index (χ2v) is 24.2. The number of ketones is 4. The number of esters is 4. The summed E-state index contributed by atoms with van der Waals surface area (Å²) in [6.45, 7) is 16.3. The van der Waals surface area contributed by atoms with Gasteiger partial charge in [-0.25, -0.2) is 19.4 Å². The van der Waals surface area contributed by atoms with E-state index in [2.05, 4.69) is 13.8 Å². The van der Waals surface area contributed by atoms with Crippen LogP contribution < -0.4 is 0 Å². The number of hydrogen-bond acceptors (Lipinski definition) is 16. The molecule has 0 radical (unpaired) electrons. The maximum absolute atomic E-state index is 15.3. The monoisotopic (exact) mass is 1260 g/mol. The molecule has 0 aliphatic carbocycles.